The van der Waals surface area contributed by atoms with Gasteiger partial charge in [-0.25, -0.2) is 26.9 Å². The van der Waals surface area contributed by atoms with Gasteiger partial charge in [0.25, 0.3) is 21.5 Å². The molecular formula is C24H15Cl2FN4O5S. The number of aromatic amines is 1. The summed E-state index contributed by atoms with van der Waals surface area (Å²) in [5, 5.41) is 0.559. The molecule has 2 aromatic heterocycles. The van der Waals surface area contributed by atoms with Crippen molar-refractivity contribution in [1.29, 1.82) is 0 Å². The van der Waals surface area contributed by atoms with Crippen LogP contribution in [0.4, 0.5) is 4.39 Å². The highest BCUT2D eigenvalue weighted by molar-refractivity contribution is 7.90. The number of amides is 1. The molecule has 188 valence electrons. The molecule has 0 fully saturated rings. The van der Waals surface area contributed by atoms with E-state index in [1.165, 1.54) is 29.8 Å². The van der Waals surface area contributed by atoms with Gasteiger partial charge in [-0.3, -0.25) is 9.59 Å². The Labute approximate surface area is 217 Å². The van der Waals surface area contributed by atoms with Crippen molar-refractivity contribution >= 4 is 60.9 Å². The summed E-state index contributed by atoms with van der Waals surface area (Å²) in [7, 11) is -3.30. The van der Waals surface area contributed by atoms with Crippen LogP contribution < -0.4 is 16.0 Å². The summed E-state index contributed by atoms with van der Waals surface area (Å²) in [5.41, 5.74) is -1.52. The Morgan fingerprint density at radius 2 is 1.65 bits per heavy atom. The summed E-state index contributed by atoms with van der Waals surface area (Å²) in [6, 6.07) is 13.6. The molecular weight excluding hydrogens is 546 g/mol. The number of aromatic nitrogens is 3. The van der Waals surface area contributed by atoms with E-state index < -0.39 is 37.9 Å². The summed E-state index contributed by atoms with van der Waals surface area (Å²) in [5.74, 6) is -2.35. The second-order valence-corrected chi connectivity index (χ2v) is 10.6. The first-order chi connectivity index (χ1) is 17.5. The zero-order valence-electron chi connectivity index (χ0n) is 18.8. The topological polar surface area (TPSA) is 123 Å². The number of para-hydroxylation sites is 1. The predicted octanol–water partition coefficient (Wildman–Crippen LogP) is 3.74. The molecule has 0 aliphatic heterocycles. The minimum atomic E-state index is -4.75. The van der Waals surface area contributed by atoms with Crippen molar-refractivity contribution < 1.29 is 17.6 Å². The van der Waals surface area contributed by atoms with E-state index in [1.807, 2.05) is 4.72 Å². The van der Waals surface area contributed by atoms with Gasteiger partial charge in [-0.2, -0.15) is 0 Å². The highest BCUT2D eigenvalue weighted by Gasteiger charge is 2.30. The average Bonchev–Trinajstić information content (AvgIpc) is 3.11. The number of nitrogens with one attached hydrogen (secondary N) is 2. The van der Waals surface area contributed by atoms with Crippen LogP contribution in [-0.2, 0) is 17.1 Å². The van der Waals surface area contributed by atoms with Crippen molar-refractivity contribution in [1.82, 2.24) is 18.8 Å². The lowest BCUT2D eigenvalue weighted by molar-refractivity contribution is 0.0974. The number of hydrogen-bond donors (Lipinski definition) is 2. The number of rotatable bonds is 4. The largest absolute Gasteiger partial charge is 0.338 e. The lowest BCUT2D eigenvalue weighted by Gasteiger charge is -2.12. The van der Waals surface area contributed by atoms with E-state index in [0.29, 0.717) is 5.52 Å². The Morgan fingerprint density at radius 3 is 2.41 bits per heavy atom. The molecule has 2 N–H and O–H groups in total. The highest BCUT2D eigenvalue weighted by Crippen LogP contribution is 2.31. The number of fused-ring (bicyclic) bond motifs is 2. The van der Waals surface area contributed by atoms with E-state index in [0.717, 1.165) is 22.8 Å². The Balaban J connectivity index is 1.79. The number of H-pyrrole nitrogens is 1. The molecule has 5 aromatic rings. The highest BCUT2D eigenvalue weighted by atomic mass is 35.5. The second kappa shape index (κ2) is 8.87. The summed E-state index contributed by atoms with van der Waals surface area (Å²) in [4.78, 5) is 41.7. The minimum Gasteiger partial charge on any atom is -0.338 e. The average molecular weight is 561 g/mol. The van der Waals surface area contributed by atoms with E-state index in [1.54, 1.807) is 24.3 Å². The van der Waals surface area contributed by atoms with Gasteiger partial charge in [0, 0.05) is 22.5 Å². The molecule has 13 heteroatoms. The fourth-order valence-electron chi connectivity index (χ4n) is 4.16. The molecule has 2 heterocycles. The molecule has 3 aromatic carbocycles. The van der Waals surface area contributed by atoms with Gasteiger partial charge in [0.1, 0.15) is 16.4 Å². The third kappa shape index (κ3) is 4.10. The number of halogens is 3. The van der Waals surface area contributed by atoms with Gasteiger partial charge in [0.05, 0.1) is 22.1 Å². The van der Waals surface area contributed by atoms with Crippen LogP contribution in [0.1, 0.15) is 10.5 Å². The van der Waals surface area contributed by atoms with Gasteiger partial charge in [0.15, 0.2) is 0 Å². The second-order valence-electron chi connectivity index (χ2n) is 8.04. The lowest BCUT2D eigenvalue weighted by atomic mass is 10.2. The molecule has 0 saturated heterocycles. The van der Waals surface area contributed by atoms with E-state index in [2.05, 4.69) is 4.98 Å². The summed E-state index contributed by atoms with van der Waals surface area (Å²) >= 11 is 12.0. The molecule has 1 amide bonds. The lowest BCUT2D eigenvalue weighted by Crippen LogP contribution is -2.37. The van der Waals surface area contributed by atoms with Crippen LogP contribution in [0, 0.1) is 5.82 Å². The molecule has 0 aliphatic carbocycles. The zero-order chi connectivity index (χ0) is 26.6. The predicted molar refractivity (Wildman–Crippen MR) is 138 cm³/mol. The molecule has 0 saturated carbocycles. The monoisotopic (exact) mass is 560 g/mol. The van der Waals surface area contributed by atoms with Crippen molar-refractivity contribution in [3.05, 3.63) is 103 Å². The van der Waals surface area contributed by atoms with Crippen molar-refractivity contribution in [2.24, 2.45) is 7.05 Å². The minimum absolute atomic E-state index is 0.0663. The van der Waals surface area contributed by atoms with Gasteiger partial charge >= 0.3 is 5.69 Å². The molecule has 0 bridgehead atoms. The molecule has 0 radical (unpaired) electrons. The Kier molecular flexibility index (Phi) is 5.94. The maximum absolute atomic E-state index is 14.3. The smallest absolute Gasteiger partial charge is 0.333 e. The van der Waals surface area contributed by atoms with Crippen LogP contribution in [0.3, 0.4) is 0 Å². The maximum atomic E-state index is 14.3. The molecule has 37 heavy (non-hydrogen) atoms. The summed E-state index contributed by atoms with van der Waals surface area (Å²) < 4.78 is 44.0. The van der Waals surface area contributed by atoms with Crippen LogP contribution in [0.25, 0.3) is 27.5 Å². The molecule has 0 unspecified atom stereocenters. The standard InChI is InChI=1S/C24H15Cl2FN4O5S/c1-30-18-9-7-12(25)10-15(18)20(31-23(33)14-4-2-3-5-17(14)28-24(31)34)21(30)22(32)29-37(35,36)19-11-13(26)6-8-16(19)27/h2-11H,1H3,(H,28,34)(H,29,32). The number of nitrogens with zero attached hydrogens (tertiary/aromatic N) is 2. The van der Waals surface area contributed by atoms with E-state index in [-0.39, 0.29) is 37.7 Å². The molecule has 0 aliphatic rings. The van der Waals surface area contributed by atoms with Crippen LogP contribution in [0.2, 0.25) is 10.0 Å². The van der Waals surface area contributed by atoms with Crippen molar-refractivity contribution in [2.75, 3.05) is 0 Å². The van der Waals surface area contributed by atoms with Gasteiger partial charge in [-0.15, -0.1) is 0 Å². The van der Waals surface area contributed by atoms with Gasteiger partial charge in [-0.05, 0) is 48.5 Å². The van der Waals surface area contributed by atoms with Gasteiger partial charge < -0.3 is 9.55 Å². The number of benzene rings is 3. The van der Waals surface area contributed by atoms with Crippen LogP contribution in [0.15, 0.2) is 75.1 Å². The Hall–Kier alpha value is -3.93. The van der Waals surface area contributed by atoms with Crippen LogP contribution >= 0.6 is 23.2 Å². The van der Waals surface area contributed by atoms with E-state index in [4.69, 9.17) is 23.2 Å². The number of sulfonamides is 1. The Morgan fingerprint density at radius 1 is 0.973 bits per heavy atom. The first-order valence-corrected chi connectivity index (χ1v) is 12.8. The normalized spacial score (nSPS) is 11.8. The zero-order valence-corrected chi connectivity index (χ0v) is 21.1. The number of carbonyl (C=O) groups is 1. The fourth-order valence-corrected chi connectivity index (χ4v) is 5.62. The van der Waals surface area contributed by atoms with Crippen LogP contribution in [-0.4, -0.2) is 28.4 Å². The molecule has 0 atom stereocenters. The third-order valence-corrected chi connectivity index (χ3v) is 7.60. The molecule has 0 spiro atoms. The number of carbonyl (C=O) groups excluding carboxylic acids is 1. The SMILES string of the molecule is Cn1c(C(=O)NS(=O)(=O)c2cc(Cl)ccc2F)c(-n2c(=O)[nH]c3ccccc3c2=O)c2cc(Cl)ccc21. The molecule has 9 nitrogen and oxygen atoms in total. The summed E-state index contributed by atoms with van der Waals surface area (Å²) in [6.45, 7) is 0. The van der Waals surface area contributed by atoms with Gasteiger partial charge in [-0.1, -0.05) is 35.3 Å². The van der Waals surface area contributed by atoms with E-state index >= 15 is 0 Å². The first-order valence-electron chi connectivity index (χ1n) is 10.5. The van der Waals surface area contributed by atoms with Gasteiger partial charge in [0.2, 0.25) is 0 Å². The maximum Gasteiger partial charge on any atom is 0.333 e. The third-order valence-electron chi connectivity index (χ3n) is 5.79. The van der Waals surface area contributed by atoms with Crippen molar-refractivity contribution in [3.63, 3.8) is 0 Å². The first kappa shape index (κ1) is 24.8. The van der Waals surface area contributed by atoms with Crippen LogP contribution in [0.5, 0.6) is 0 Å². The van der Waals surface area contributed by atoms with E-state index in [9.17, 15) is 27.2 Å². The Bertz CT molecular complexity index is 2000. The quantitative estimate of drug-likeness (QED) is 0.346. The fraction of sp³-hybridized carbons (Fsp3) is 0.0417. The molecule has 5 rings (SSSR count). The summed E-state index contributed by atoms with van der Waals surface area (Å²) in [6.07, 6.45) is 0. The van der Waals surface area contributed by atoms with Crippen molar-refractivity contribution in [2.45, 2.75) is 4.90 Å². The number of aryl methyl sites for hydroxylation is 1. The van der Waals surface area contributed by atoms with Crippen molar-refractivity contribution in [3.8, 4) is 5.69 Å². The number of hydrogen-bond acceptors (Lipinski definition) is 5.